The van der Waals surface area contributed by atoms with Gasteiger partial charge in [0.25, 0.3) is 5.91 Å². The smallest absolute Gasteiger partial charge is 0.273 e. The van der Waals surface area contributed by atoms with Crippen molar-refractivity contribution in [3.63, 3.8) is 0 Å². The van der Waals surface area contributed by atoms with Crippen LogP contribution in [0.15, 0.2) is 58.1 Å². The molecule has 1 amide bonds. The lowest BCUT2D eigenvalue weighted by atomic mass is 10.1. The number of methoxy groups -OCH3 is 1. The number of nitrogens with zero attached hydrogens (tertiary/aromatic N) is 2. The summed E-state index contributed by atoms with van der Waals surface area (Å²) < 4.78 is 8.51. The molecule has 3 aromatic rings. The van der Waals surface area contributed by atoms with Gasteiger partial charge in [-0.15, -0.1) is 0 Å². The van der Waals surface area contributed by atoms with Gasteiger partial charge in [0.1, 0.15) is 0 Å². The van der Waals surface area contributed by atoms with Gasteiger partial charge in [-0.3, -0.25) is 4.79 Å². The normalized spacial score (nSPS) is 12.3. The maximum absolute atomic E-state index is 12.5. The lowest BCUT2D eigenvalue weighted by Gasteiger charge is -2.14. The van der Waals surface area contributed by atoms with Gasteiger partial charge in [0.15, 0.2) is 6.10 Å². The lowest BCUT2D eigenvalue weighted by Crippen LogP contribution is -2.26. The maximum Gasteiger partial charge on any atom is 0.273 e. The van der Waals surface area contributed by atoms with E-state index in [2.05, 4.69) is 70.0 Å². The molecule has 0 saturated carbocycles. The van der Waals surface area contributed by atoms with E-state index in [0.29, 0.717) is 0 Å². The van der Waals surface area contributed by atoms with Crippen LogP contribution in [0.3, 0.4) is 0 Å². The molecule has 3 rings (SSSR count). The molecule has 6 heteroatoms. The van der Waals surface area contributed by atoms with Crippen LogP contribution < -0.4 is 5.43 Å². The molecule has 1 atom stereocenters. The first kappa shape index (κ1) is 22.0. The molecule has 0 saturated heterocycles. The summed E-state index contributed by atoms with van der Waals surface area (Å²) in [5.41, 5.74) is 9.94. The standard InChI is InChI=1S/C24H26BrN3O2/c1-15-11-12-16(2)21(13-15)28-17(3)20(22(25)18(28)4)14-26-27-24(29)23(30-5)19-9-7-6-8-10-19/h6-14,23H,1-5H3,(H,27,29)/b26-14-/t23-/m1/s1. The number of aromatic nitrogens is 1. The molecule has 30 heavy (non-hydrogen) atoms. The molecule has 0 aliphatic heterocycles. The minimum atomic E-state index is -0.714. The van der Waals surface area contributed by atoms with Crippen molar-refractivity contribution in [2.75, 3.05) is 7.11 Å². The molecule has 1 aromatic heterocycles. The van der Waals surface area contributed by atoms with Gasteiger partial charge in [0.2, 0.25) is 0 Å². The Balaban J connectivity index is 1.86. The number of hydrazone groups is 1. The van der Waals surface area contributed by atoms with Crippen LogP contribution in [0.5, 0.6) is 0 Å². The number of ether oxygens (including phenoxy) is 1. The number of hydrogen-bond donors (Lipinski definition) is 1. The van der Waals surface area contributed by atoms with Crippen molar-refractivity contribution in [3.05, 3.63) is 86.6 Å². The molecule has 0 fully saturated rings. The number of amides is 1. The fourth-order valence-electron chi connectivity index (χ4n) is 3.54. The number of carbonyl (C=O) groups excluding carboxylic acids is 1. The third kappa shape index (κ3) is 4.40. The first-order valence-corrected chi connectivity index (χ1v) is 10.5. The van der Waals surface area contributed by atoms with Gasteiger partial charge in [-0.1, -0.05) is 42.5 Å². The van der Waals surface area contributed by atoms with Crippen molar-refractivity contribution in [3.8, 4) is 5.69 Å². The van der Waals surface area contributed by atoms with E-state index in [1.165, 1.54) is 18.2 Å². The molecule has 0 spiro atoms. The largest absolute Gasteiger partial charge is 0.367 e. The van der Waals surface area contributed by atoms with Gasteiger partial charge in [-0.2, -0.15) is 5.10 Å². The highest BCUT2D eigenvalue weighted by molar-refractivity contribution is 9.10. The molecular formula is C24H26BrN3O2. The fraction of sp³-hybridized carbons (Fsp3) is 0.250. The second-order valence-electron chi connectivity index (χ2n) is 7.28. The molecule has 1 N–H and O–H groups in total. The summed E-state index contributed by atoms with van der Waals surface area (Å²) >= 11 is 3.69. The van der Waals surface area contributed by atoms with Crippen LogP contribution in [0, 0.1) is 27.7 Å². The lowest BCUT2D eigenvalue weighted by molar-refractivity contribution is -0.131. The van der Waals surface area contributed by atoms with E-state index in [4.69, 9.17) is 4.74 Å². The Bertz CT molecular complexity index is 1090. The number of halogens is 1. The van der Waals surface area contributed by atoms with Gasteiger partial charge >= 0.3 is 0 Å². The van der Waals surface area contributed by atoms with Crippen LogP contribution in [0.25, 0.3) is 5.69 Å². The van der Waals surface area contributed by atoms with Crippen molar-refractivity contribution in [1.82, 2.24) is 9.99 Å². The number of aryl methyl sites for hydroxylation is 2. The van der Waals surface area contributed by atoms with Crippen LogP contribution in [0.4, 0.5) is 0 Å². The third-order valence-corrected chi connectivity index (χ3v) is 6.17. The van der Waals surface area contributed by atoms with Gasteiger partial charge in [-0.05, 0) is 66.4 Å². The Labute approximate surface area is 185 Å². The molecule has 0 radical (unpaired) electrons. The molecule has 0 aliphatic carbocycles. The van der Waals surface area contributed by atoms with E-state index >= 15 is 0 Å². The van der Waals surface area contributed by atoms with Crippen LogP contribution >= 0.6 is 15.9 Å². The molecule has 0 bridgehead atoms. The summed E-state index contributed by atoms with van der Waals surface area (Å²) in [5.74, 6) is -0.320. The van der Waals surface area contributed by atoms with Crippen LogP contribution in [-0.4, -0.2) is 23.8 Å². The molecule has 1 heterocycles. The Kier molecular flexibility index (Phi) is 6.90. The summed E-state index contributed by atoms with van der Waals surface area (Å²) in [4.78, 5) is 12.5. The Morgan fingerprint density at radius 3 is 2.47 bits per heavy atom. The molecule has 0 aliphatic rings. The highest BCUT2D eigenvalue weighted by Crippen LogP contribution is 2.31. The van der Waals surface area contributed by atoms with E-state index in [1.54, 1.807) is 6.21 Å². The monoisotopic (exact) mass is 467 g/mol. The van der Waals surface area contributed by atoms with Crippen molar-refractivity contribution >= 4 is 28.1 Å². The van der Waals surface area contributed by atoms with Gasteiger partial charge in [-0.25, -0.2) is 5.43 Å². The second-order valence-corrected chi connectivity index (χ2v) is 8.08. The topological polar surface area (TPSA) is 55.6 Å². The zero-order valence-electron chi connectivity index (χ0n) is 17.9. The first-order chi connectivity index (χ1) is 14.3. The van der Waals surface area contributed by atoms with Gasteiger partial charge in [0.05, 0.1) is 6.21 Å². The number of nitrogens with one attached hydrogen (secondary N) is 1. The summed E-state index contributed by atoms with van der Waals surface area (Å²) in [6.45, 7) is 8.29. The van der Waals surface area contributed by atoms with Gasteiger partial charge in [0, 0.05) is 34.2 Å². The van der Waals surface area contributed by atoms with Crippen molar-refractivity contribution in [2.24, 2.45) is 5.10 Å². The summed E-state index contributed by atoms with van der Waals surface area (Å²) in [6, 6.07) is 15.8. The van der Waals surface area contributed by atoms with E-state index in [-0.39, 0.29) is 5.91 Å². The SMILES string of the molecule is CO[C@@H](C(=O)N/N=C\c1c(Br)c(C)n(-c2cc(C)ccc2C)c1C)c1ccccc1. The van der Waals surface area contributed by atoms with Crippen LogP contribution in [-0.2, 0) is 9.53 Å². The Hall–Kier alpha value is -2.70. The van der Waals surface area contributed by atoms with Crippen molar-refractivity contribution in [2.45, 2.75) is 33.8 Å². The average Bonchev–Trinajstić information content (AvgIpc) is 2.94. The Morgan fingerprint density at radius 2 is 1.80 bits per heavy atom. The summed E-state index contributed by atoms with van der Waals surface area (Å²) in [7, 11) is 1.51. The van der Waals surface area contributed by atoms with Crippen molar-refractivity contribution in [1.29, 1.82) is 0 Å². The molecule has 0 unspecified atom stereocenters. The van der Waals surface area contributed by atoms with E-state index in [9.17, 15) is 4.79 Å². The minimum Gasteiger partial charge on any atom is -0.367 e. The quantitative estimate of drug-likeness (QED) is 0.394. The highest BCUT2D eigenvalue weighted by Gasteiger charge is 2.20. The van der Waals surface area contributed by atoms with Crippen LogP contribution in [0.1, 0.15) is 39.7 Å². The zero-order valence-corrected chi connectivity index (χ0v) is 19.4. The number of hydrogen-bond acceptors (Lipinski definition) is 3. The molecular weight excluding hydrogens is 442 g/mol. The van der Waals surface area contributed by atoms with E-state index < -0.39 is 6.10 Å². The summed E-state index contributed by atoms with van der Waals surface area (Å²) in [6.07, 6.45) is 0.957. The third-order valence-electron chi connectivity index (χ3n) is 5.16. The van der Waals surface area contributed by atoms with Gasteiger partial charge < -0.3 is 9.30 Å². The van der Waals surface area contributed by atoms with Crippen LogP contribution in [0.2, 0.25) is 0 Å². The molecule has 156 valence electrons. The summed E-state index contributed by atoms with van der Waals surface area (Å²) in [5, 5.41) is 4.20. The number of rotatable bonds is 6. The first-order valence-electron chi connectivity index (χ1n) is 9.70. The van der Waals surface area contributed by atoms with E-state index in [0.717, 1.165) is 32.7 Å². The second kappa shape index (κ2) is 9.41. The highest BCUT2D eigenvalue weighted by atomic mass is 79.9. The van der Waals surface area contributed by atoms with Crippen molar-refractivity contribution < 1.29 is 9.53 Å². The zero-order chi connectivity index (χ0) is 21.8. The minimum absolute atomic E-state index is 0.320. The number of carbonyl (C=O) groups is 1. The Morgan fingerprint density at radius 1 is 1.10 bits per heavy atom. The predicted molar refractivity (Wildman–Crippen MR) is 124 cm³/mol. The molecule has 2 aromatic carbocycles. The fourth-order valence-corrected chi connectivity index (χ4v) is 4.10. The van der Waals surface area contributed by atoms with E-state index in [1.807, 2.05) is 37.3 Å². The number of benzene rings is 2. The average molecular weight is 468 g/mol. The molecule has 5 nitrogen and oxygen atoms in total. The maximum atomic E-state index is 12.5. The predicted octanol–water partition coefficient (Wildman–Crippen LogP) is 5.31.